The summed E-state index contributed by atoms with van der Waals surface area (Å²) in [7, 11) is -0.628. The van der Waals surface area contributed by atoms with E-state index in [9.17, 15) is 18.0 Å². The molecule has 0 spiro atoms. The first-order chi connectivity index (χ1) is 16.8. The molecular weight excluding hydrogens is 484 g/mol. The van der Waals surface area contributed by atoms with Crippen LogP contribution in [0.3, 0.4) is 0 Å². The van der Waals surface area contributed by atoms with Crippen molar-refractivity contribution in [2.24, 2.45) is 0 Å². The van der Waals surface area contributed by atoms with Gasteiger partial charge >= 0.3 is 0 Å². The number of hydrogen-bond acceptors (Lipinski definition) is 6. The number of nitrogens with one attached hydrogen (secondary N) is 1. The standard InChI is InChI=1S/C25H24N4O4S2/c1-28(2)35(32,33)20-14-12-19(13-15-20)26-23(30)17-34-25-27-22-11-7-6-10-21(22)24(31)29(25)16-18-8-4-3-5-9-18/h3-15H,16-17H2,1-2H3,(H,26,30). The Labute approximate surface area is 207 Å². The van der Waals surface area contributed by atoms with Gasteiger partial charge in [-0.1, -0.05) is 54.2 Å². The number of sulfonamides is 1. The van der Waals surface area contributed by atoms with Crippen molar-refractivity contribution in [2.45, 2.75) is 16.6 Å². The largest absolute Gasteiger partial charge is 0.325 e. The van der Waals surface area contributed by atoms with Gasteiger partial charge in [0, 0.05) is 19.8 Å². The first kappa shape index (κ1) is 24.6. The topological polar surface area (TPSA) is 101 Å². The van der Waals surface area contributed by atoms with E-state index in [2.05, 4.69) is 10.3 Å². The van der Waals surface area contributed by atoms with E-state index in [0.717, 1.165) is 9.87 Å². The molecule has 1 amide bonds. The van der Waals surface area contributed by atoms with Crippen LogP contribution in [0.15, 0.2) is 93.7 Å². The number of carbonyl (C=O) groups is 1. The molecule has 0 fully saturated rings. The van der Waals surface area contributed by atoms with Gasteiger partial charge in [0.1, 0.15) is 0 Å². The maximum atomic E-state index is 13.2. The molecule has 0 radical (unpaired) electrons. The smallest absolute Gasteiger partial charge is 0.262 e. The molecular formula is C25H24N4O4S2. The highest BCUT2D eigenvalue weighted by Crippen LogP contribution is 2.21. The van der Waals surface area contributed by atoms with Crippen LogP contribution in [0.4, 0.5) is 5.69 Å². The van der Waals surface area contributed by atoms with Gasteiger partial charge in [-0.15, -0.1) is 0 Å². The van der Waals surface area contributed by atoms with E-state index in [-0.39, 0.29) is 22.1 Å². The normalized spacial score (nSPS) is 11.6. The number of aromatic nitrogens is 2. The highest BCUT2D eigenvalue weighted by Gasteiger charge is 2.17. The van der Waals surface area contributed by atoms with Crippen LogP contribution < -0.4 is 10.9 Å². The zero-order valence-electron chi connectivity index (χ0n) is 19.2. The van der Waals surface area contributed by atoms with Crippen molar-refractivity contribution in [2.75, 3.05) is 25.2 Å². The van der Waals surface area contributed by atoms with Crippen LogP contribution in [-0.2, 0) is 21.4 Å². The first-order valence-electron chi connectivity index (χ1n) is 10.7. The Morgan fingerprint density at radius 1 is 0.971 bits per heavy atom. The number of para-hydroxylation sites is 1. The van der Waals surface area contributed by atoms with E-state index in [0.29, 0.717) is 28.3 Å². The minimum atomic E-state index is -3.55. The summed E-state index contributed by atoms with van der Waals surface area (Å²) < 4.78 is 27.1. The lowest BCUT2D eigenvalue weighted by Gasteiger charge is -2.14. The van der Waals surface area contributed by atoms with Gasteiger partial charge in [-0.3, -0.25) is 14.2 Å². The fourth-order valence-electron chi connectivity index (χ4n) is 3.41. The fourth-order valence-corrected chi connectivity index (χ4v) is 5.11. The average molecular weight is 509 g/mol. The van der Waals surface area contributed by atoms with Gasteiger partial charge in [0.2, 0.25) is 15.9 Å². The molecule has 0 aliphatic heterocycles. The van der Waals surface area contributed by atoms with Crippen LogP contribution in [0, 0.1) is 0 Å². The summed E-state index contributed by atoms with van der Waals surface area (Å²) in [6.45, 7) is 0.337. The predicted octanol–water partition coefficient (Wildman–Crippen LogP) is 3.43. The molecule has 3 aromatic carbocycles. The number of amides is 1. The van der Waals surface area contributed by atoms with Gasteiger partial charge in [0.05, 0.1) is 28.1 Å². The Morgan fingerprint density at radius 2 is 1.63 bits per heavy atom. The maximum absolute atomic E-state index is 13.2. The van der Waals surface area contributed by atoms with E-state index in [1.54, 1.807) is 34.9 Å². The molecule has 0 aliphatic rings. The zero-order chi connectivity index (χ0) is 25.0. The summed E-state index contributed by atoms with van der Waals surface area (Å²) in [6, 6.07) is 22.7. The number of rotatable bonds is 8. The number of fused-ring (bicyclic) bond motifs is 1. The molecule has 0 atom stereocenters. The highest BCUT2D eigenvalue weighted by molar-refractivity contribution is 7.99. The molecule has 8 nitrogen and oxygen atoms in total. The SMILES string of the molecule is CN(C)S(=O)(=O)c1ccc(NC(=O)CSc2nc3ccccc3c(=O)n2Cc2ccccc2)cc1. The molecule has 0 aliphatic carbocycles. The van der Waals surface area contributed by atoms with Crippen molar-refractivity contribution in [1.29, 1.82) is 0 Å². The van der Waals surface area contributed by atoms with Crippen molar-refractivity contribution in [3.05, 3.63) is 94.8 Å². The van der Waals surface area contributed by atoms with E-state index in [1.807, 2.05) is 36.4 Å². The van der Waals surface area contributed by atoms with Gasteiger partial charge in [-0.05, 0) is 42.0 Å². The summed E-state index contributed by atoms with van der Waals surface area (Å²) in [6.07, 6.45) is 0. The first-order valence-corrected chi connectivity index (χ1v) is 13.2. The van der Waals surface area contributed by atoms with Crippen LogP contribution in [0.5, 0.6) is 0 Å². The Morgan fingerprint density at radius 3 is 2.31 bits per heavy atom. The second kappa shape index (κ2) is 10.4. The van der Waals surface area contributed by atoms with Gasteiger partial charge in [-0.2, -0.15) is 0 Å². The van der Waals surface area contributed by atoms with Crippen molar-refractivity contribution in [1.82, 2.24) is 13.9 Å². The molecule has 1 heterocycles. The third-order valence-electron chi connectivity index (χ3n) is 5.26. The van der Waals surface area contributed by atoms with Gasteiger partial charge in [0.15, 0.2) is 5.16 Å². The second-order valence-electron chi connectivity index (χ2n) is 7.94. The average Bonchev–Trinajstić information content (AvgIpc) is 2.85. The number of anilines is 1. The van der Waals surface area contributed by atoms with E-state index >= 15 is 0 Å². The number of benzene rings is 3. The van der Waals surface area contributed by atoms with Crippen LogP contribution in [0.2, 0.25) is 0 Å². The van der Waals surface area contributed by atoms with Crippen LogP contribution in [0.1, 0.15) is 5.56 Å². The van der Waals surface area contributed by atoms with Crippen LogP contribution >= 0.6 is 11.8 Å². The molecule has 1 N–H and O–H groups in total. The summed E-state index contributed by atoms with van der Waals surface area (Å²) >= 11 is 1.17. The van der Waals surface area contributed by atoms with Crippen molar-refractivity contribution in [3.8, 4) is 0 Å². The Hall–Kier alpha value is -3.47. The lowest BCUT2D eigenvalue weighted by atomic mass is 10.2. The molecule has 1 aromatic heterocycles. The number of hydrogen-bond donors (Lipinski definition) is 1. The molecule has 0 saturated carbocycles. The fraction of sp³-hybridized carbons (Fsp3) is 0.160. The zero-order valence-corrected chi connectivity index (χ0v) is 20.8. The molecule has 4 aromatic rings. The van der Waals surface area contributed by atoms with Crippen molar-refractivity contribution >= 4 is 44.3 Å². The Kier molecular flexibility index (Phi) is 7.34. The number of carbonyl (C=O) groups excluding carboxylic acids is 1. The van der Waals surface area contributed by atoms with Gasteiger partial charge < -0.3 is 5.32 Å². The summed E-state index contributed by atoms with van der Waals surface area (Å²) in [5, 5.41) is 3.72. The molecule has 0 saturated heterocycles. The Bertz CT molecular complexity index is 1520. The van der Waals surface area contributed by atoms with Crippen molar-refractivity contribution in [3.63, 3.8) is 0 Å². The third kappa shape index (κ3) is 5.61. The monoisotopic (exact) mass is 508 g/mol. The van der Waals surface area contributed by atoms with E-state index in [4.69, 9.17) is 0 Å². The number of nitrogens with zero attached hydrogens (tertiary/aromatic N) is 3. The second-order valence-corrected chi connectivity index (χ2v) is 11.0. The molecule has 10 heteroatoms. The predicted molar refractivity (Wildman–Crippen MR) is 138 cm³/mol. The summed E-state index contributed by atoms with van der Waals surface area (Å²) in [4.78, 5) is 30.6. The van der Waals surface area contributed by atoms with E-state index in [1.165, 1.54) is 38.0 Å². The molecule has 0 unspecified atom stereocenters. The quantitative estimate of drug-likeness (QED) is 0.289. The maximum Gasteiger partial charge on any atom is 0.262 e. The third-order valence-corrected chi connectivity index (χ3v) is 8.06. The lowest BCUT2D eigenvalue weighted by molar-refractivity contribution is -0.113. The lowest BCUT2D eigenvalue weighted by Crippen LogP contribution is -2.25. The summed E-state index contributed by atoms with van der Waals surface area (Å²) in [5.74, 6) is -0.274. The molecule has 4 rings (SSSR count). The van der Waals surface area contributed by atoms with Crippen molar-refractivity contribution < 1.29 is 13.2 Å². The number of thioether (sulfide) groups is 1. The van der Waals surface area contributed by atoms with Gasteiger partial charge in [0.25, 0.3) is 5.56 Å². The van der Waals surface area contributed by atoms with Crippen LogP contribution in [-0.4, -0.2) is 48.0 Å². The highest BCUT2D eigenvalue weighted by atomic mass is 32.2. The Balaban J connectivity index is 1.53. The molecule has 180 valence electrons. The minimum Gasteiger partial charge on any atom is -0.325 e. The molecule has 0 bridgehead atoms. The van der Waals surface area contributed by atoms with Gasteiger partial charge in [-0.25, -0.2) is 17.7 Å². The minimum absolute atomic E-state index is 0.0251. The van der Waals surface area contributed by atoms with Crippen LogP contribution in [0.25, 0.3) is 10.9 Å². The summed E-state index contributed by atoms with van der Waals surface area (Å²) in [5.41, 5.74) is 1.83. The van der Waals surface area contributed by atoms with E-state index < -0.39 is 10.0 Å². The molecule has 35 heavy (non-hydrogen) atoms.